The molecule has 0 aliphatic carbocycles. The molecule has 1 aromatic carbocycles. The fourth-order valence-corrected chi connectivity index (χ4v) is 2.28. The first-order valence-corrected chi connectivity index (χ1v) is 7.12. The highest BCUT2D eigenvalue weighted by atomic mass is 16.5. The van der Waals surface area contributed by atoms with Crippen LogP contribution in [-0.4, -0.2) is 24.0 Å². The molecule has 5 heteroatoms. The minimum absolute atomic E-state index is 0.181. The summed E-state index contributed by atoms with van der Waals surface area (Å²) in [5.74, 6) is 0.853. The fourth-order valence-electron chi connectivity index (χ4n) is 2.28. The van der Waals surface area contributed by atoms with Crippen LogP contribution in [-0.2, 0) is 17.9 Å². The quantitative estimate of drug-likeness (QED) is 0.850. The highest BCUT2D eigenvalue weighted by Crippen LogP contribution is 2.26. The summed E-state index contributed by atoms with van der Waals surface area (Å²) >= 11 is 0. The predicted octanol–water partition coefficient (Wildman–Crippen LogP) is 3.23. The van der Waals surface area contributed by atoms with Crippen molar-refractivity contribution in [1.82, 2.24) is 9.78 Å². The monoisotopic (exact) mass is 289 g/mol. The number of nitrogens with one attached hydrogen (secondary N) is 1. The molecule has 1 N–H and O–H groups in total. The van der Waals surface area contributed by atoms with E-state index in [1.54, 1.807) is 14.2 Å². The number of nitrogens with zero attached hydrogens (tertiary/aromatic N) is 2. The average Bonchev–Trinajstić information content (AvgIpc) is 2.95. The SMILES string of the molecule is CCn1cc(NC(C)c2ccc(OC)c(COC)c2)cn1. The van der Waals surface area contributed by atoms with Gasteiger partial charge in [0, 0.05) is 31.5 Å². The van der Waals surface area contributed by atoms with Crippen LogP contribution in [0.2, 0.25) is 0 Å². The van der Waals surface area contributed by atoms with Crippen molar-refractivity contribution in [2.75, 3.05) is 19.5 Å². The smallest absolute Gasteiger partial charge is 0.124 e. The maximum absolute atomic E-state index is 5.36. The van der Waals surface area contributed by atoms with Crippen LogP contribution in [0, 0.1) is 0 Å². The van der Waals surface area contributed by atoms with Gasteiger partial charge in [-0.25, -0.2) is 0 Å². The lowest BCUT2D eigenvalue weighted by molar-refractivity contribution is 0.181. The molecule has 1 heterocycles. The lowest BCUT2D eigenvalue weighted by Gasteiger charge is -2.17. The Labute approximate surface area is 125 Å². The molecule has 21 heavy (non-hydrogen) atoms. The van der Waals surface area contributed by atoms with E-state index in [2.05, 4.69) is 36.4 Å². The molecule has 0 aliphatic heterocycles. The molecule has 0 amide bonds. The van der Waals surface area contributed by atoms with Crippen molar-refractivity contribution < 1.29 is 9.47 Å². The number of anilines is 1. The van der Waals surface area contributed by atoms with Crippen LogP contribution in [0.3, 0.4) is 0 Å². The average molecular weight is 289 g/mol. The number of hydrogen-bond acceptors (Lipinski definition) is 4. The van der Waals surface area contributed by atoms with E-state index < -0.39 is 0 Å². The molecular formula is C16H23N3O2. The molecule has 1 atom stereocenters. The van der Waals surface area contributed by atoms with Crippen LogP contribution >= 0.6 is 0 Å². The number of aryl methyl sites for hydroxylation is 1. The summed E-state index contributed by atoms with van der Waals surface area (Å²) in [6, 6.07) is 6.35. The van der Waals surface area contributed by atoms with Crippen molar-refractivity contribution in [3.63, 3.8) is 0 Å². The Balaban J connectivity index is 2.14. The van der Waals surface area contributed by atoms with Gasteiger partial charge in [-0.1, -0.05) is 6.07 Å². The van der Waals surface area contributed by atoms with Crippen molar-refractivity contribution in [3.05, 3.63) is 41.7 Å². The molecule has 0 saturated carbocycles. The second-order valence-electron chi connectivity index (χ2n) is 4.96. The van der Waals surface area contributed by atoms with Crippen molar-refractivity contribution >= 4 is 5.69 Å². The largest absolute Gasteiger partial charge is 0.496 e. The molecule has 1 aromatic heterocycles. The van der Waals surface area contributed by atoms with E-state index in [1.165, 1.54) is 5.56 Å². The molecule has 5 nitrogen and oxygen atoms in total. The number of benzene rings is 1. The van der Waals surface area contributed by atoms with Gasteiger partial charge < -0.3 is 14.8 Å². The molecule has 2 aromatic rings. The fraction of sp³-hybridized carbons (Fsp3) is 0.438. The molecule has 0 radical (unpaired) electrons. The van der Waals surface area contributed by atoms with E-state index in [1.807, 2.05) is 23.1 Å². The van der Waals surface area contributed by atoms with E-state index in [0.717, 1.165) is 23.5 Å². The third kappa shape index (κ3) is 3.76. The van der Waals surface area contributed by atoms with Gasteiger partial charge in [0.1, 0.15) is 5.75 Å². The summed E-state index contributed by atoms with van der Waals surface area (Å²) < 4.78 is 12.5. The summed E-state index contributed by atoms with van der Waals surface area (Å²) in [6.45, 7) is 5.61. The van der Waals surface area contributed by atoms with Gasteiger partial charge in [-0.05, 0) is 31.5 Å². The van der Waals surface area contributed by atoms with Crippen molar-refractivity contribution in [1.29, 1.82) is 0 Å². The Hall–Kier alpha value is -2.01. The normalized spacial score (nSPS) is 12.2. The first kappa shape index (κ1) is 15.4. The van der Waals surface area contributed by atoms with Crippen LogP contribution in [0.4, 0.5) is 5.69 Å². The van der Waals surface area contributed by atoms with E-state index in [0.29, 0.717) is 6.61 Å². The lowest BCUT2D eigenvalue weighted by atomic mass is 10.0. The number of hydrogen-bond donors (Lipinski definition) is 1. The van der Waals surface area contributed by atoms with Gasteiger partial charge in [0.15, 0.2) is 0 Å². The standard InChI is InChI=1S/C16H23N3O2/c1-5-19-10-15(9-17-19)18-12(2)13-6-7-16(21-4)14(8-13)11-20-3/h6-10,12,18H,5,11H2,1-4H3. The van der Waals surface area contributed by atoms with Gasteiger partial charge in [-0.3, -0.25) is 4.68 Å². The summed E-state index contributed by atoms with van der Waals surface area (Å²) in [6.07, 6.45) is 3.86. The zero-order valence-corrected chi connectivity index (χ0v) is 13.1. The zero-order valence-electron chi connectivity index (χ0n) is 13.1. The van der Waals surface area contributed by atoms with Crippen LogP contribution in [0.1, 0.15) is 31.0 Å². The Morgan fingerprint density at radius 1 is 1.33 bits per heavy atom. The topological polar surface area (TPSA) is 48.3 Å². The number of aromatic nitrogens is 2. The van der Waals surface area contributed by atoms with Gasteiger partial charge in [-0.2, -0.15) is 5.10 Å². The van der Waals surface area contributed by atoms with Crippen molar-refractivity contribution in [2.24, 2.45) is 0 Å². The molecular weight excluding hydrogens is 266 g/mol. The van der Waals surface area contributed by atoms with Crippen LogP contribution in [0.15, 0.2) is 30.6 Å². The Morgan fingerprint density at radius 2 is 2.14 bits per heavy atom. The highest BCUT2D eigenvalue weighted by Gasteiger charge is 2.10. The third-order valence-corrected chi connectivity index (χ3v) is 3.44. The van der Waals surface area contributed by atoms with E-state index >= 15 is 0 Å². The summed E-state index contributed by atoms with van der Waals surface area (Å²) in [5.41, 5.74) is 3.26. The maximum atomic E-state index is 5.36. The van der Waals surface area contributed by atoms with Crippen LogP contribution in [0.5, 0.6) is 5.75 Å². The van der Waals surface area contributed by atoms with Gasteiger partial charge in [-0.15, -0.1) is 0 Å². The first-order chi connectivity index (χ1) is 10.2. The van der Waals surface area contributed by atoms with E-state index in [9.17, 15) is 0 Å². The molecule has 114 valence electrons. The van der Waals surface area contributed by atoms with Crippen molar-refractivity contribution in [2.45, 2.75) is 33.0 Å². The maximum Gasteiger partial charge on any atom is 0.124 e. The Bertz CT molecular complexity index is 581. The second-order valence-corrected chi connectivity index (χ2v) is 4.96. The van der Waals surface area contributed by atoms with E-state index in [4.69, 9.17) is 9.47 Å². The lowest BCUT2D eigenvalue weighted by Crippen LogP contribution is -2.07. The molecule has 2 rings (SSSR count). The predicted molar refractivity (Wildman–Crippen MR) is 83.6 cm³/mol. The molecule has 0 fully saturated rings. The van der Waals surface area contributed by atoms with Crippen LogP contribution < -0.4 is 10.1 Å². The number of ether oxygens (including phenoxy) is 2. The minimum Gasteiger partial charge on any atom is -0.496 e. The third-order valence-electron chi connectivity index (χ3n) is 3.44. The highest BCUT2D eigenvalue weighted by molar-refractivity contribution is 5.44. The Kier molecular flexibility index (Phi) is 5.22. The van der Waals surface area contributed by atoms with Crippen LogP contribution in [0.25, 0.3) is 0 Å². The molecule has 0 aliphatic rings. The summed E-state index contributed by atoms with van der Waals surface area (Å²) in [4.78, 5) is 0. The second kappa shape index (κ2) is 7.13. The minimum atomic E-state index is 0.181. The van der Waals surface area contributed by atoms with Crippen molar-refractivity contribution in [3.8, 4) is 5.75 Å². The molecule has 0 saturated heterocycles. The van der Waals surface area contributed by atoms with E-state index in [-0.39, 0.29) is 6.04 Å². The first-order valence-electron chi connectivity index (χ1n) is 7.12. The van der Waals surface area contributed by atoms with Gasteiger partial charge >= 0.3 is 0 Å². The number of methoxy groups -OCH3 is 2. The Morgan fingerprint density at radius 3 is 2.76 bits per heavy atom. The van der Waals surface area contributed by atoms with Gasteiger partial charge in [0.25, 0.3) is 0 Å². The molecule has 0 bridgehead atoms. The summed E-state index contributed by atoms with van der Waals surface area (Å²) in [5, 5.41) is 7.72. The number of rotatable bonds is 7. The molecule has 0 spiro atoms. The zero-order chi connectivity index (χ0) is 15.2. The molecule has 1 unspecified atom stereocenters. The summed E-state index contributed by atoms with van der Waals surface area (Å²) in [7, 11) is 3.36. The van der Waals surface area contributed by atoms with Gasteiger partial charge in [0.2, 0.25) is 0 Å². The van der Waals surface area contributed by atoms with Gasteiger partial charge in [0.05, 0.1) is 25.6 Å².